The van der Waals surface area contributed by atoms with Crippen molar-refractivity contribution in [2.24, 2.45) is 0 Å². The van der Waals surface area contributed by atoms with Crippen LogP contribution in [0.5, 0.6) is 0 Å². The van der Waals surface area contributed by atoms with Gasteiger partial charge in [0.25, 0.3) is 0 Å². The van der Waals surface area contributed by atoms with Gasteiger partial charge in [-0.1, -0.05) is 152 Å². The lowest BCUT2D eigenvalue weighted by Crippen LogP contribution is -2.29. The number of allylic oxidation sites excluding steroid dienone is 8. The summed E-state index contributed by atoms with van der Waals surface area (Å²) in [6.45, 7) is 3.36. The summed E-state index contributed by atoms with van der Waals surface area (Å²) >= 11 is 0. The lowest BCUT2D eigenvalue weighted by Gasteiger charge is -2.20. The summed E-state index contributed by atoms with van der Waals surface area (Å²) < 4.78 is 33.2. The Morgan fingerprint density at radius 1 is 0.627 bits per heavy atom. The highest BCUT2D eigenvalue weighted by atomic mass is 31.2. The van der Waals surface area contributed by atoms with Crippen LogP contribution in [-0.4, -0.2) is 66.3 Å². The van der Waals surface area contributed by atoms with E-state index in [9.17, 15) is 19.4 Å². The fraction of sp³-hybridized carbons (Fsp3) is 0.780. The SMILES string of the molecule is CC/C=C\C/C=C\C/C=C\C/C=C\CCCCCCCCCOCC(COP(=O)(O)OCC(O)CO)OC(=O)CCCCCCCCCCCC. The third kappa shape index (κ3) is 38.0. The molecule has 0 spiro atoms. The molecule has 0 saturated carbocycles. The van der Waals surface area contributed by atoms with Crippen molar-refractivity contribution in [2.45, 2.75) is 174 Å². The van der Waals surface area contributed by atoms with Crippen LogP contribution >= 0.6 is 7.82 Å². The Hall–Kier alpha value is -1.58. The van der Waals surface area contributed by atoms with Crippen molar-refractivity contribution in [3.63, 3.8) is 0 Å². The molecule has 298 valence electrons. The minimum atomic E-state index is -4.51. The van der Waals surface area contributed by atoms with E-state index in [4.69, 9.17) is 23.6 Å². The lowest BCUT2D eigenvalue weighted by molar-refractivity contribution is -0.154. The first kappa shape index (κ1) is 49.4. The minimum Gasteiger partial charge on any atom is -0.457 e. The average molecular weight is 743 g/mol. The molecule has 0 fully saturated rings. The number of aliphatic hydroxyl groups excluding tert-OH is 2. The molecule has 0 aromatic carbocycles. The molecule has 0 bridgehead atoms. The Morgan fingerprint density at radius 2 is 1.12 bits per heavy atom. The molecule has 0 aromatic rings. The van der Waals surface area contributed by atoms with Crippen molar-refractivity contribution < 1.29 is 43.0 Å². The van der Waals surface area contributed by atoms with Gasteiger partial charge in [-0.25, -0.2) is 4.57 Å². The summed E-state index contributed by atoms with van der Waals surface area (Å²) in [7, 11) is -4.51. The molecule has 3 atom stereocenters. The molecule has 0 aliphatic carbocycles. The molecule has 0 amide bonds. The van der Waals surface area contributed by atoms with Gasteiger partial charge in [0.2, 0.25) is 0 Å². The van der Waals surface area contributed by atoms with Crippen molar-refractivity contribution in [3.05, 3.63) is 48.6 Å². The lowest BCUT2D eigenvalue weighted by atomic mass is 10.1. The molecular weight excluding hydrogens is 667 g/mol. The second kappa shape index (κ2) is 38.2. The van der Waals surface area contributed by atoms with Gasteiger partial charge in [0.15, 0.2) is 0 Å². The topological polar surface area (TPSA) is 132 Å². The van der Waals surface area contributed by atoms with Gasteiger partial charge in [-0.3, -0.25) is 13.8 Å². The molecule has 0 rings (SSSR count). The van der Waals surface area contributed by atoms with Gasteiger partial charge in [-0.2, -0.15) is 0 Å². The van der Waals surface area contributed by atoms with E-state index in [1.165, 1.54) is 70.6 Å². The normalized spacial score (nSPS) is 14.7. The molecule has 10 heteroatoms. The van der Waals surface area contributed by atoms with Crippen LogP contribution in [0.15, 0.2) is 48.6 Å². The zero-order valence-corrected chi connectivity index (χ0v) is 33.2. The average Bonchev–Trinajstić information content (AvgIpc) is 3.12. The van der Waals surface area contributed by atoms with E-state index >= 15 is 0 Å². The summed E-state index contributed by atoms with van der Waals surface area (Å²) in [4.78, 5) is 22.5. The predicted octanol–water partition coefficient (Wildman–Crippen LogP) is 10.6. The van der Waals surface area contributed by atoms with E-state index in [0.29, 0.717) is 6.61 Å². The van der Waals surface area contributed by atoms with Crippen LogP contribution in [0.3, 0.4) is 0 Å². The number of rotatable bonds is 38. The van der Waals surface area contributed by atoms with Crippen LogP contribution in [-0.2, 0) is 27.9 Å². The van der Waals surface area contributed by atoms with Crippen LogP contribution in [0.1, 0.15) is 162 Å². The molecule has 0 radical (unpaired) electrons. The number of unbranched alkanes of at least 4 members (excludes halogenated alkanes) is 16. The molecule has 3 N–H and O–H groups in total. The summed E-state index contributed by atoms with van der Waals surface area (Å²) in [6, 6.07) is 0. The fourth-order valence-corrected chi connectivity index (χ4v) is 6.02. The Kier molecular flexibility index (Phi) is 37.0. The van der Waals surface area contributed by atoms with Crippen LogP contribution in [0.4, 0.5) is 0 Å². The van der Waals surface area contributed by atoms with Crippen molar-refractivity contribution in [3.8, 4) is 0 Å². The molecule has 9 nitrogen and oxygen atoms in total. The van der Waals surface area contributed by atoms with Crippen molar-refractivity contribution in [2.75, 3.05) is 33.0 Å². The number of carbonyl (C=O) groups excluding carboxylic acids is 1. The number of ether oxygens (including phenoxy) is 2. The molecule has 0 heterocycles. The first-order valence-corrected chi connectivity index (χ1v) is 21.6. The third-order valence-electron chi connectivity index (χ3n) is 8.28. The Bertz CT molecular complexity index is 934. The maximum Gasteiger partial charge on any atom is 0.472 e. The predicted molar refractivity (Wildman–Crippen MR) is 210 cm³/mol. The van der Waals surface area contributed by atoms with Crippen molar-refractivity contribution >= 4 is 13.8 Å². The first-order chi connectivity index (χ1) is 24.8. The number of carbonyl (C=O) groups is 1. The standard InChI is InChI=1S/C41H75O9P/c1-3-5-7-9-11-13-15-16-17-18-19-20-21-22-23-24-26-28-30-32-34-47-37-40(38-49-51(45,46)48-36-39(43)35-42)50-41(44)33-31-29-27-25-14-12-10-8-6-4-2/h5,7,11,13,16-17,19-20,39-40,42-43H,3-4,6,8-10,12,14-15,18,21-38H2,1-2H3,(H,45,46)/b7-5-,13-11-,17-16-,20-19-. The molecule has 0 aliphatic rings. The van der Waals surface area contributed by atoms with Gasteiger partial charge in [0.05, 0.1) is 26.4 Å². The molecule has 51 heavy (non-hydrogen) atoms. The Morgan fingerprint density at radius 3 is 1.69 bits per heavy atom. The van der Waals surface area contributed by atoms with E-state index in [-0.39, 0.29) is 19.6 Å². The molecule has 0 aromatic heterocycles. The van der Waals surface area contributed by atoms with Crippen LogP contribution in [0, 0.1) is 0 Å². The summed E-state index contributed by atoms with van der Waals surface area (Å²) in [5, 5.41) is 18.3. The zero-order chi connectivity index (χ0) is 37.5. The van der Waals surface area contributed by atoms with Gasteiger partial charge in [0, 0.05) is 13.0 Å². The highest BCUT2D eigenvalue weighted by molar-refractivity contribution is 7.47. The molecular formula is C41H75O9P. The second-order valence-corrected chi connectivity index (χ2v) is 14.7. The zero-order valence-electron chi connectivity index (χ0n) is 32.3. The smallest absolute Gasteiger partial charge is 0.457 e. The first-order valence-electron chi connectivity index (χ1n) is 20.1. The molecule has 0 aliphatic heterocycles. The van der Waals surface area contributed by atoms with E-state index in [1.54, 1.807) is 0 Å². The number of esters is 1. The quantitative estimate of drug-likeness (QED) is 0.0245. The van der Waals surface area contributed by atoms with Gasteiger partial charge >= 0.3 is 13.8 Å². The second-order valence-electron chi connectivity index (χ2n) is 13.3. The number of phosphoric ester groups is 1. The Balaban J connectivity index is 4.16. The van der Waals surface area contributed by atoms with Crippen molar-refractivity contribution in [1.82, 2.24) is 0 Å². The van der Waals surface area contributed by atoms with E-state index in [0.717, 1.165) is 70.6 Å². The van der Waals surface area contributed by atoms with E-state index in [1.807, 2.05) is 0 Å². The Labute approximate surface area is 311 Å². The van der Waals surface area contributed by atoms with Gasteiger partial charge in [0.1, 0.15) is 12.2 Å². The fourth-order valence-electron chi connectivity index (χ4n) is 5.23. The summed E-state index contributed by atoms with van der Waals surface area (Å²) in [5.74, 6) is -0.391. The van der Waals surface area contributed by atoms with Gasteiger partial charge in [-0.05, 0) is 51.4 Å². The number of hydrogen-bond donors (Lipinski definition) is 3. The number of aliphatic hydroxyl groups is 2. The molecule has 0 saturated heterocycles. The van der Waals surface area contributed by atoms with E-state index < -0.39 is 39.2 Å². The minimum absolute atomic E-state index is 0.0420. The van der Waals surface area contributed by atoms with Gasteiger partial charge < -0.3 is 24.6 Å². The van der Waals surface area contributed by atoms with Crippen LogP contribution in [0.25, 0.3) is 0 Å². The maximum atomic E-state index is 12.5. The maximum absolute atomic E-state index is 12.5. The van der Waals surface area contributed by atoms with Crippen LogP contribution < -0.4 is 0 Å². The van der Waals surface area contributed by atoms with Gasteiger partial charge in [-0.15, -0.1) is 0 Å². The molecule has 3 unspecified atom stereocenters. The summed E-state index contributed by atoms with van der Waals surface area (Å²) in [6.07, 6.45) is 40.7. The number of phosphoric acid groups is 1. The van der Waals surface area contributed by atoms with Crippen molar-refractivity contribution in [1.29, 1.82) is 0 Å². The monoisotopic (exact) mass is 743 g/mol. The highest BCUT2D eigenvalue weighted by Gasteiger charge is 2.26. The third-order valence-corrected chi connectivity index (χ3v) is 9.23. The number of hydrogen-bond acceptors (Lipinski definition) is 8. The highest BCUT2D eigenvalue weighted by Crippen LogP contribution is 2.43. The summed E-state index contributed by atoms with van der Waals surface area (Å²) in [5.41, 5.74) is 0. The largest absolute Gasteiger partial charge is 0.472 e. The van der Waals surface area contributed by atoms with E-state index in [2.05, 4.69) is 62.5 Å². The van der Waals surface area contributed by atoms with Crippen LogP contribution in [0.2, 0.25) is 0 Å².